The maximum Gasteiger partial charge on any atom is 0.127 e. The fourth-order valence-electron chi connectivity index (χ4n) is 2.59. The van der Waals surface area contributed by atoms with Crippen LogP contribution in [0.3, 0.4) is 0 Å². The summed E-state index contributed by atoms with van der Waals surface area (Å²) in [6.07, 6.45) is 1.24. The lowest BCUT2D eigenvalue weighted by atomic mass is 10.1. The summed E-state index contributed by atoms with van der Waals surface area (Å²) in [7, 11) is 0. The third kappa shape index (κ3) is 4.54. The molecule has 0 radical (unpaired) electrons. The maximum absolute atomic E-state index is 14.0. The van der Waals surface area contributed by atoms with E-state index in [0.29, 0.717) is 6.54 Å². The molecule has 1 saturated heterocycles. The Hall–Kier alpha value is -0.970. The van der Waals surface area contributed by atoms with E-state index in [-0.39, 0.29) is 11.9 Å². The second-order valence-corrected chi connectivity index (χ2v) is 5.48. The van der Waals surface area contributed by atoms with Gasteiger partial charge in [0.25, 0.3) is 0 Å². The number of nitrogens with zero attached hydrogens (tertiary/aromatic N) is 1. The van der Waals surface area contributed by atoms with Crippen molar-refractivity contribution in [2.24, 2.45) is 0 Å². The van der Waals surface area contributed by atoms with Crippen LogP contribution in [-0.2, 0) is 17.8 Å². The van der Waals surface area contributed by atoms with Crippen LogP contribution in [0.5, 0.6) is 0 Å². The Morgan fingerprint density at radius 1 is 1.45 bits per heavy atom. The molecule has 0 aromatic heterocycles. The molecule has 3 nitrogen and oxygen atoms in total. The molecule has 4 heteroatoms. The van der Waals surface area contributed by atoms with Gasteiger partial charge in [0.05, 0.1) is 6.10 Å². The van der Waals surface area contributed by atoms with Gasteiger partial charge in [-0.25, -0.2) is 4.39 Å². The molecule has 1 fully saturated rings. The fourth-order valence-corrected chi connectivity index (χ4v) is 2.59. The molecule has 1 aliphatic heterocycles. The Bertz CT molecular complexity index is 425. The number of ether oxygens (including phenoxy) is 1. The molecule has 112 valence electrons. The lowest BCUT2D eigenvalue weighted by Gasteiger charge is -2.22. The fraction of sp³-hybridized carbons (Fsp3) is 0.625. The molecule has 0 bridgehead atoms. The Kier molecular flexibility index (Phi) is 5.95. The number of rotatable bonds is 5. The van der Waals surface area contributed by atoms with Crippen molar-refractivity contribution in [2.45, 2.75) is 39.5 Å². The minimum atomic E-state index is -0.108. The molecule has 1 aliphatic rings. The van der Waals surface area contributed by atoms with Crippen LogP contribution >= 0.6 is 0 Å². The van der Waals surface area contributed by atoms with Crippen molar-refractivity contribution in [2.75, 3.05) is 26.2 Å². The molecular weight excluding hydrogens is 255 g/mol. The van der Waals surface area contributed by atoms with Gasteiger partial charge in [0.15, 0.2) is 0 Å². The van der Waals surface area contributed by atoms with Crippen LogP contribution in [0.25, 0.3) is 0 Å². The van der Waals surface area contributed by atoms with Crippen LogP contribution < -0.4 is 5.32 Å². The summed E-state index contributed by atoms with van der Waals surface area (Å²) in [6, 6.07) is 5.42. The largest absolute Gasteiger partial charge is 0.377 e. The minimum absolute atomic E-state index is 0.108. The van der Waals surface area contributed by atoms with Gasteiger partial charge in [-0.1, -0.05) is 19.1 Å². The number of hydrogen-bond donors (Lipinski definition) is 1. The highest BCUT2D eigenvalue weighted by molar-refractivity contribution is 5.25. The van der Waals surface area contributed by atoms with E-state index in [2.05, 4.69) is 24.1 Å². The lowest BCUT2D eigenvalue weighted by Crippen LogP contribution is -2.30. The average Bonchev–Trinajstić information content (AvgIpc) is 2.64. The van der Waals surface area contributed by atoms with Crippen LogP contribution in [0.1, 0.15) is 31.4 Å². The van der Waals surface area contributed by atoms with E-state index in [9.17, 15) is 4.39 Å². The van der Waals surface area contributed by atoms with Gasteiger partial charge in [-0.15, -0.1) is 0 Å². The van der Waals surface area contributed by atoms with Gasteiger partial charge in [-0.3, -0.25) is 4.90 Å². The molecule has 2 rings (SSSR count). The highest BCUT2D eigenvalue weighted by atomic mass is 19.1. The predicted molar refractivity (Wildman–Crippen MR) is 79.1 cm³/mol. The lowest BCUT2D eigenvalue weighted by molar-refractivity contribution is 0.0666. The second-order valence-electron chi connectivity index (χ2n) is 5.48. The van der Waals surface area contributed by atoms with Crippen molar-refractivity contribution in [1.82, 2.24) is 10.2 Å². The Labute approximate surface area is 121 Å². The van der Waals surface area contributed by atoms with Crippen LogP contribution in [0.15, 0.2) is 18.2 Å². The molecule has 1 atom stereocenters. The summed E-state index contributed by atoms with van der Waals surface area (Å²) in [4.78, 5) is 2.28. The van der Waals surface area contributed by atoms with Crippen molar-refractivity contribution in [3.63, 3.8) is 0 Å². The van der Waals surface area contributed by atoms with Gasteiger partial charge in [-0.05, 0) is 31.5 Å². The van der Waals surface area contributed by atoms with E-state index < -0.39 is 0 Å². The van der Waals surface area contributed by atoms with Crippen LogP contribution in [0.4, 0.5) is 4.39 Å². The molecule has 0 aliphatic carbocycles. The number of halogens is 1. The SMILES string of the molecule is CCNCc1ccc(F)c(CN2CCCOC(C)C2)c1. The normalized spacial score (nSPS) is 20.9. The Morgan fingerprint density at radius 2 is 2.30 bits per heavy atom. The van der Waals surface area contributed by atoms with Crippen LogP contribution in [0.2, 0.25) is 0 Å². The zero-order chi connectivity index (χ0) is 14.4. The van der Waals surface area contributed by atoms with Gasteiger partial charge in [0.2, 0.25) is 0 Å². The van der Waals surface area contributed by atoms with Crippen molar-refractivity contribution in [3.05, 3.63) is 35.1 Å². The van der Waals surface area contributed by atoms with Gasteiger partial charge in [0.1, 0.15) is 5.82 Å². The van der Waals surface area contributed by atoms with E-state index >= 15 is 0 Å². The molecule has 1 unspecified atom stereocenters. The molecule has 1 N–H and O–H groups in total. The molecule has 20 heavy (non-hydrogen) atoms. The number of nitrogens with one attached hydrogen (secondary N) is 1. The van der Waals surface area contributed by atoms with Gasteiger partial charge < -0.3 is 10.1 Å². The summed E-state index contributed by atoms with van der Waals surface area (Å²) >= 11 is 0. The molecule has 0 saturated carbocycles. The van der Waals surface area contributed by atoms with Crippen LogP contribution in [-0.4, -0.2) is 37.2 Å². The standard InChI is InChI=1S/C16H25FN2O/c1-3-18-10-14-5-6-16(17)15(9-14)12-19-7-4-8-20-13(2)11-19/h5-6,9,13,18H,3-4,7-8,10-12H2,1-2H3. The van der Waals surface area contributed by atoms with Gasteiger partial charge in [0, 0.05) is 38.3 Å². The molecule has 0 spiro atoms. The molecule has 1 heterocycles. The first-order valence-corrected chi connectivity index (χ1v) is 7.51. The zero-order valence-electron chi connectivity index (χ0n) is 12.5. The summed E-state index contributed by atoms with van der Waals surface area (Å²) in [6.45, 7) is 9.19. The number of benzene rings is 1. The summed E-state index contributed by atoms with van der Waals surface area (Å²) in [5.41, 5.74) is 1.93. The smallest absolute Gasteiger partial charge is 0.127 e. The van der Waals surface area contributed by atoms with Crippen molar-refractivity contribution >= 4 is 0 Å². The van der Waals surface area contributed by atoms with Crippen LogP contribution in [0, 0.1) is 5.82 Å². The van der Waals surface area contributed by atoms with E-state index in [1.807, 2.05) is 12.1 Å². The van der Waals surface area contributed by atoms with Gasteiger partial charge >= 0.3 is 0 Å². The molecule has 1 aromatic rings. The van der Waals surface area contributed by atoms with Crippen molar-refractivity contribution in [3.8, 4) is 0 Å². The highest BCUT2D eigenvalue weighted by Gasteiger charge is 2.16. The Morgan fingerprint density at radius 3 is 3.10 bits per heavy atom. The highest BCUT2D eigenvalue weighted by Crippen LogP contribution is 2.15. The maximum atomic E-state index is 14.0. The summed E-state index contributed by atoms with van der Waals surface area (Å²) in [5.74, 6) is -0.108. The first-order chi connectivity index (χ1) is 9.69. The summed E-state index contributed by atoms with van der Waals surface area (Å²) in [5, 5.41) is 3.28. The van der Waals surface area contributed by atoms with E-state index in [4.69, 9.17) is 4.74 Å². The first kappa shape index (κ1) is 15.4. The van der Waals surface area contributed by atoms with Crippen molar-refractivity contribution < 1.29 is 9.13 Å². The molecule has 0 amide bonds. The minimum Gasteiger partial charge on any atom is -0.377 e. The second kappa shape index (κ2) is 7.72. The van der Waals surface area contributed by atoms with E-state index in [1.54, 1.807) is 6.07 Å². The third-order valence-electron chi connectivity index (χ3n) is 3.62. The number of hydrogen-bond acceptors (Lipinski definition) is 3. The van der Waals surface area contributed by atoms with Gasteiger partial charge in [-0.2, -0.15) is 0 Å². The molecule has 1 aromatic carbocycles. The Balaban J connectivity index is 2.03. The molecular formula is C16H25FN2O. The zero-order valence-corrected chi connectivity index (χ0v) is 12.5. The summed E-state index contributed by atoms with van der Waals surface area (Å²) < 4.78 is 19.6. The first-order valence-electron chi connectivity index (χ1n) is 7.51. The average molecular weight is 280 g/mol. The van der Waals surface area contributed by atoms with E-state index in [0.717, 1.165) is 50.3 Å². The monoisotopic (exact) mass is 280 g/mol. The van der Waals surface area contributed by atoms with Crippen molar-refractivity contribution in [1.29, 1.82) is 0 Å². The third-order valence-corrected chi connectivity index (χ3v) is 3.62. The quantitative estimate of drug-likeness (QED) is 0.897. The predicted octanol–water partition coefficient (Wildman–Crippen LogP) is 2.55. The van der Waals surface area contributed by atoms with E-state index in [1.165, 1.54) is 0 Å². The topological polar surface area (TPSA) is 24.5 Å².